The molecule has 1 unspecified atom stereocenters. The van der Waals surface area contributed by atoms with E-state index in [0.29, 0.717) is 38.4 Å². The van der Waals surface area contributed by atoms with E-state index in [1.165, 1.54) is 4.90 Å². The number of nitrogens with one attached hydrogen (secondary N) is 1. The molecule has 0 aromatic heterocycles. The number of urea groups is 1. The third-order valence-electron chi connectivity index (χ3n) is 3.74. The minimum atomic E-state index is -0.997. The number of morpholine rings is 1. The first-order valence-electron chi connectivity index (χ1n) is 6.90. The number of carboxylic acid groups (broad SMARTS) is 1. The number of hydrogen-bond acceptors (Lipinski definition) is 4. The number of carboxylic acids is 1. The molecule has 2 aliphatic rings. The molecule has 2 amide bonds. The summed E-state index contributed by atoms with van der Waals surface area (Å²) in [5.41, 5.74) is 4.30. The van der Waals surface area contributed by atoms with Gasteiger partial charge in [0.2, 0.25) is 0 Å². The number of rotatable bonds is 2. The molecular formula is C14H17N3O4. The highest BCUT2D eigenvalue weighted by molar-refractivity contribution is 6.00. The average molecular weight is 291 g/mol. The van der Waals surface area contributed by atoms with Crippen LogP contribution in [0.2, 0.25) is 0 Å². The van der Waals surface area contributed by atoms with Crippen LogP contribution in [0.25, 0.3) is 0 Å². The highest BCUT2D eigenvalue weighted by Gasteiger charge is 2.38. The molecule has 1 saturated heterocycles. The van der Waals surface area contributed by atoms with Crippen LogP contribution in [-0.4, -0.2) is 54.5 Å². The predicted octanol–water partition coefficient (Wildman–Crippen LogP) is 0.459. The second kappa shape index (κ2) is 5.71. The number of carbonyl (C=O) groups excluding carboxylic acids is 1. The number of amides is 2. The van der Waals surface area contributed by atoms with Crippen molar-refractivity contribution in [3.05, 3.63) is 29.8 Å². The summed E-state index contributed by atoms with van der Waals surface area (Å²) in [4.78, 5) is 25.2. The first-order chi connectivity index (χ1) is 10.2. The van der Waals surface area contributed by atoms with Gasteiger partial charge in [-0.05, 0) is 11.6 Å². The summed E-state index contributed by atoms with van der Waals surface area (Å²) < 4.78 is 5.22. The molecule has 0 radical (unpaired) electrons. The van der Waals surface area contributed by atoms with Crippen molar-refractivity contribution in [3.8, 4) is 0 Å². The number of benzene rings is 1. The molecule has 1 fully saturated rings. The van der Waals surface area contributed by atoms with E-state index in [0.717, 1.165) is 5.56 Å². The van der Waals surface area contributed by atoms with Crippen LogP contribution in [0.1, 0.15) is 5.56 Å². The lowest BCUT2D eigenvalue weighted by Gasteiger charge is -2.30. The smallest absolute Gasteiger partial charge is 0.337 e. The molecule has 7 nitrogen and oxygen atoms in total. The van der Waals surface area contributed by atoms with E-state index in [1.54, 1.807) is 17.1 Å². The van der Waals surface area contributed by atoms with Gasteiger partial charge in [-0.2, -0.15) is 0 Å². The van der Waals surface area contributed by atoms with Crippen LogP contribution < -0.4 is 10.3 Å². The summed E-state index contributed by atoms with van der Waals surface area (Å²) in [6, 6.07) is 6.02. The Hall–Kier alpha value is -2.12. The third kappa shape index (κ3) is 2.70. The molecule has 2 heterocycles. The fraction of sp³-hybridized carbons (Fsp3) is 0.429. The number of anilines is 1. The van der Waals surface area contributed by atoms with Crippen molar-refractivity contribution in [1.82, 2.24) is 10.4 Å². The van der Waals surface area contributed by atoms with Gasteiger partial charge >= 0.3 is 12.0 Å². The number of para-hydroxylation sites is 1. The number of fused-ring (bicyclic) bond motifs is 1. The van der Waals surface area contributed by atoms with Gasteiger partial charge in [-0.25, -0.2) is 14.6 Å². The first-order valence-corrected chi connectivity index (χ1v) is 6.90. The zero-order valence-electron chi connectivity index (χ0n) is 11.5. The van der Waals surface area contributed by atoms with Gasteiger partial charge in [0.15, 0.2) is 0 Å². The van der Waals surface area contributed by atoms with Gasteiger partial charge in [0.1, 0.15) is 6.04 Å². The number of carbonyl (C=O) groups is 2. The predicted molar refractivity (Wildman–Crippen MR) is 75.0 cm³/mol. The van der Waals surface area contributed by atoms with Gasteiger partial charge in [0, 0.05) is 25.2 Å². The van der Waals surface area contributed by atoms with Crippen molar-refractivity contribution >= 4 is 17.7 Å². The van der Waals surface area contributed by atoms with Crippen LogP contribution in [0.3, 0.4) is 0 Å². The molecule has 2 aliphatic heterocycles. The van der Waals surface area contributed by atoms with Crippen molar-refractivity contribution in [2.75, 3.05) is 31.2 Å². The fourth-order valence-electron chi connectivity index (χ4n) is 2.70. The van der Waals surface area contributed by atoms with Gasteiger partial charge in [-0.15, -0.1) is 0 Å². The van der Waals surface area contributed by atoms with E-state index in [1.807, 2.05) is 12.1 Å². The zero-order chi connectivity index (χ0) is 14.8. The molecule has 1 atom stereocenters. The zero-order valence-corrected chi connectivity index (χ0v) is 11.5. The Kier molecular flexibility index (Phi) is 3.76. The Labute approximate surface area is 122 Å². The Morgan fingerprint density at radius 1 is 1.24 bits per heavy atom. The summed E-state index contributed by atoms with van der Waals surface area (Å²) in [5, 5.41) is 11.1. The summed E-state index contributed by atoms with van der Waals surface area (Å²) >= 11 is 0. The lowest BCUT2D eigenvalue weighted by atomic mass is 10.1. The highest BCUT2D eigenvalue weighted by atomic mass is 16.5. The maximum absolute atomic E-state index is 12.5. The summed E-state index contributed by atoms with van der Waals surface area (Å²) in [5.74, 6) is -0.997. The highest BCUT2D eigenvalue weighted by Crippen LogP contribution is 2.32. The van der Waals surface area contributed by atoms with Gasteiger partial charge in [0.25, 0.3) is 0 Å². The maximum Gasteiger partial charge on any atom is 0.337 e. The van der Waals surface area contributed by atoms with E-state index in [4.69, 9.17) is 4.74 Å². The normalized spacial score (nSPS) is 21.9. The van der Waals surface area contributed by atoms with Crippen LogP contribution in [0.15, 0.2) is 24.3 Å². The summed E-state index contributed by atoms with van der Waals surface area (Å²) in [7, 11) is 0. The van der Waals surface area contributed by atoms with Crippen LogP contribution in [0, 0.1) is 0 Å². The molecule has 112 valence electrons. The number of hydrogen-bond donors (Lipinski definition) is 2. The Morgan fingerprint density at radius 3 is 2.67 bits per heavy atom. The van der Waals surface area contributed by atoms with E-state index >= 15 is 0 Å². The van der Waals surface area contributed by atoms with Crippen molar-refractivity contribution in [3.63, 3.8) is 0 Å². The molecule has 1 aromatic rings. The standard InChI is InChI=1S/C14H17N3O4/c18-13(19)12-9-10-3-1-2-4-11(10)17(12)14(20)15-16-5-7-21-8-6-16/h1-4,12H,5-9H2,(H,15,20)(H,18,19). The second-order valence-corrected chi connectivity index (χ2v) is 5.07. The molecule has 21 heavy (non-hydrogen) atoms. The molecule has 0 saturated carbocycles. The van der Waals surface area contributed by atoms with Crippen LogP contribution >= 0.6 is 0 Å². The number of aliphatic carboxylic acids is 1. The number of nitrogens with zero attached hydrogens (tertiary/aromatic N) is 2. The monoisotopic (exact) mass is 291 g/mol. The van der Waals surface area contributed by atoms with Crippen LogP contribution in [0.4, 0.5) is 10.5 Å². The third-order valence-corrected chi connectivity index (χ3v) is 3.74. The maximum atomic E-state index is 12.5. The van der Waals surface area contributed by atoms with Crippen molar-refractivity contribution in [2.45, 2.75) is 12.5 Å². The van der Waals surface area contributed by atoms with Crippen LogP contribution in [-0.2, 0) is 16.0 Å². The molecule has 2 N–H and O–H groups in total. The molecule has 3 rings (SSSR count). The molecule has 1 aromatic carbocycles. The van der Waals surface area contributed by atoms with E-state index in [2.05, 4.69) is 5.43 Å². The molecule has 7 heteroatoms. The molecule has 0 spiro atoms. The van der Waals surface area contributed by atoms with Crippen molar-refractivity contribution in [1.29, 1.82) is 0 Å². The lowest BCUT2D eigenvalue weighted by Crippen LogP contribution is -2.55. The minimum Gasteiger partial charge on any atom is -0.480 e. The lowest BCUT2D eigenvalue weighted by molar-refractivity contribution is -0.138. The van der Waals surface area contributed by atoms with Gasteiger partial charge < -0.3 is 9.84 Å². The Balaban J connectivity index is 1.80. The molecule has 0 bridgehead atoms. The van der Waals surface area contributed by atoms with Crippen molar-refractivity contribution < 1.29 is 19.4 Å². The molecular weight excluding hydrogens is 274 g/mol. The largest absolute Gasteiger partial charge is 0.480 e. The van der Waals surface area contributed by atoms with E-state index < -0.39 is 18.0 Å². The number of hydrazine groups is 1. The first kappa shape index (κ1) is 13.8. The molecule has 0 aliphatic carbocycles. The summed E-state index contributed by atoms with van der Waals surface area (Å²) in [6.45, 7) is 2.30. The quantitative estimate of drug-likeness (QED) is 0.827. The van der Waals surface area contributed by atoms with Gasteiger partial charge in [0.05, 0.1) is 13.2 Å². The second-order valence-electron chi connectivity index (χ2n) is 5.07. The topological polar surface area (TPSA) is 82.1 Å². The summed E-state index contributed by atoms with van der Waals surface area (Å²) in [6.07, 6.45) is 0.335. The van der Waals surface area contributed by atoms with Gasteiger partial charge in [-0.1, -0.05) is 18.2 Å². The minimum absolute atomic E-state index is 0.335. The van der Waals surface area contributed by atoms with Crippen LogP contribution in [0.5, 0.6) is 0 Å². The average Bonchev–Trinajstić information content (AvgIpc) is 2.88. The van der Waals surface area contributed by atoms with E-state index in [9.17, 15) is 14.7 Å². The van der Waals surface area contributed by atoms with Crippen molar-refractivity contribution in [2.24, 2.45) is 0 Å². The Bertz CT molecular complexity index is 557. The Morgan fingerprint density at radius 2 is 1.95 bits per heavy atom. The number of ether oxygens (including phenoxy) is 1. The SMILES string of the molecule is O=C(O)C1Cc2ccccc2N1C(=O)NN1CCOCC1. The van der Waals surface area contributed by atoms with E-state index in [-0.39, 0.29) is 0 Å². The van der Waals surface area contributed by atoms with Gasteiger partial charge in [-0.3, -0.25) is 10.3 Å². The fourth-order valence-corrected chi connectivity index (χ4v) is 2.70.